The first-order valence-electron chi connectivity index (χ1n) is 3.33. The fraction of sp³-hybridized carbons (Fsp3) is 0.833. The van der Waals surface area contributed by atoms with Gasteiger partial charge in [-0.3, -0.25) is 10.1 Å². The van der Waals surface area contributed by atoms with E-state index in [0.717, 1.165) is 26.1 Å². The molecule has 9 heavy (non-hydrogen) atoms. The number of Topliss-reactive ketones (excluding diaryl/α,β-unsaturated/α-hetero) is 1. The summed E-state index contributed by atoms with van der Waals surface area (Å²) >= 11 is 0. The highest BCUT2D eigenvalue weighted by Crippen LogP contribution is 2.28. The smallest absolute Gasteiger partial charge is 0.154 e. The first-order valence-corrected chi connectivity index (χ1v) is 3.33. The van der Waals surface area contributed by atoms with Crippen molar-refractivity contribution in [2.45, 2.75) is 18.4 Å². The minimum absolute atomic E-state index is 0.125. The molecule has 0 radical (unpaired) electrons. The Morgan fingerprint density at radius 1 is 1.56 bits per heavy atom. The van der Waals surface area contributed by atoms with E-state index in [1.165, 1.54) is 0 Å². The SMILES string of the molecule is O=C1CCC12CNCN2. The van der Waals surface area contributed by atoms with Crippen LogP contribution < -0.4 is 10.6 Å². The van der Waals surface area contributed by atoms with Gasteiger partial charge in [-0.25, -0.2) is 0 Å². The lowest BCUT2D eigenvalue weighted by molar-refractivity contribution is -0.131. The lowest BCUT2D eigenvalue weighted by atomic mass is 9.76. The molecular weight excluding hydrogens is 116 g/mol. The van der Waals surface area contributed by atoms with E-state index in [4.69, 9.17) is 0 Å². The van der Waals surface area contributed by atoms with Crippen LogP contribution in [0, 0.1) is 0 Å². The third-order valence-corrected chi connectivity index (χ3v) is 2.29. The number of nitrogens with one attached hydrogen (secondary N) is 2. The van der Waals surface area contributed by atoms with E-state index in [0.29, 0.717) is 5.78 Å². The monoisotopic (exact) mass is 126 g/mol. The summed E-state index contributed by atoms with van der Waals surface area (Å²) in [5.41, 5.74) is -0.125. The summed E-state index contributed by atoms with van der Waals surface area (Å²) in [6.07, 6.45) is 1.80. The maximum atomic E-state index is 11.0. The number of ketones is 1. The van der Waals surface area contributed by atoms with Crippen LogP contribution in [-0.4, -0.2) is 24.5 Å². The van der Waals surface area contributed by atoms with Crippen molar-refractivity contribution >= 4 is 5.78 Å². The highest BCUT2D eigenvalue weighted by molar-refractivity contribution is 5.94. The highest BCUT2D eigenvalue weighted by atomic mass is 16.1. The molecule has 1 unspecified atom stereocenters. The molecular formula is C6H10N2O. The molecule has 1 aliphatic carbocycles. The van der Waals surface area contributed by atoms with Crippen molar-refractivity contribution < 1.29 is 4.79 Å². The summed E-state index contributed by atoms with van der Waals surface area (Å²) in [7, 11) is 0. The maximum absolute atomic E-state index is 11.0. The number of hydrogen-bond acceptors (Lipinski definition) is 3. The predicted molar refractivity (Wildman–Crippen MR) is 33.0 cm³/mol. The normalized spacial score (nSPS) is 41.6. The van der Waals surface area contributed by atoms with Gasteiger partial charge in [0, 0.05) is 19.6 Å². The van der Waals surface area contributed by atoms with Gasteiger partial charge in [0.2, 0.25) is 0 Å². The second-order valence-electron chi connectivity index (χ2n) is 2.79. The van der Waals surface area contributed by atoms with Gasteiger partial charge in [0.15, 0.2) is 5.78 Å². The molecule has 0 aromatic heterocycles. The Bertz CT molecular complexity index is 149. The highest BCUT2D eigenvalue weighted by Gasteiger charge is 2.47. The summed E-state index contributed by atoms with van der Waals surface area (Å²) in [6.45, 7) is 1.64. The molecule has 1 spiro atoms. The summed E-state index contributed by atoms with van der Waals surface area (Å²) in [4.78, 5) is 11.0. The van der Waals surface area contributed by atoms with Crippen molar-refractivity contribution in [3.63, 3.8) is 0 Å². The van der Waals surface area contributed by atoms with E-state index in [1.54, 1.807) is 0 Å². The van der Waals surface area contributed by atoms with Crippen LogP contribution in [0.5, 0.6) is 0 Å². The summed E-state index contributed by atoms with van der Waals surface area (Å²) in [6, 6.07) is 0. The molecule has 3 heteroatoms. The molecule has 2 aliphatic rings. The quantitative estimate of drug-likeness (QED) is 0.448. The van der Waals surface area contributed by atoms with E-state index in [1.807, 2.05) is 0 Å². The second-order valence-corrected chi connectivity index (χ2v) is 2.79. The molecule has 1 aliphatic heterocycles. The van der Waals surface area contributed by atoms with Gasteiger partial charge < -0.3 is 5.32 Å². The van der Waals surface area contributed by atoms with Crippen LogP contribution in [-0.2, 0) is 4.79 Å². The van der Waals surface area contributed by atoms with Gasteiger partial charge in [-0.05, 0) is 6.42 Å². The van der Waals surface area contributed by atoms with Crippen LogP contribution in [0.15, 0.2) is 0 Å². The molecule has 1 heterocycles. The zero-order valence-electron chi connectivity index (χ0n) is 5.24. The van der Waals surface area contributed by atoms with E-state index in [-0.39, 0.29) is 5.54 Å². The van der Waals surface area contributed by atoms with Crippen LogP contribution in [0.1, 0.15) is 12.8 Å². The molecule has 0 aromatic carbocycles. The van der Waals surface area contributed by atoms with E-state index in [2.05, 4.69) is 10.6 Å². The van der Waals surface area contributed by atoms with E-state index in [9.17, 15) is 4.79 Å². The second kappa shape index (κ2) is 1.55. The molecule has 3 nitrogen and oxygen atoms in total. The maximum Gasteiger partial charge on any atom is 0.154 e. The zero-order chi connectivity index (χ0) is 6.32. The van der Waals surface area contributed by atoms with Crippen molar-refractivity contribution in [2.75, 3.05) is 13.2 Å². The predicted octanol–water partition coefficient (Wildman–Crippen LogP) is -0.762. The average molecular weight is 126 g/mol. The number of rotatable bonds is 0. The van der Waals surface area contributed by atoms with Gasteiger partial charge in [0.25, 0.3) is 0 Å². The minimum atomic E-state index is -0.125. The van der Waals surface area contributed by atoms with E-state index < -0.39 is 0 Å². The molecule has 1 saturated heterocycles. The fourth-order valence-corrected chi connectivity index (χ4v) is 1.47. The Hall–Kier alpha value is -0.410. The Balaban J connectivity index is 2.14. The first kappa shape index (κ1) is 5.38. The molecule has 0 amide bonds. The van der Waals surface area contributed by atoms with Crippen molar-refractivity contribution in [3.05, 3.63) is 0 Å². The van der Waals surface area contributed by atoms with Gasteiger partial charge in [0.05, 0.1) is 5.54 Å². The number of hydrogen-bond donors (Lipinski definition) is 2. The summed E-state index contributed by atoms with van der Waals surface area (Å²) in [5.74, 6) is 0.382. The van der Waals surface area contributed by atoms with Crippen molar-refractivity contribution in [1.82, 2.24) is 10.6 Å². The van der Waals surface area contributed by atoms with Crippen LogP contribution in [0.2, 0.25) is 0 Å². The van der Waals surface area contributed by atoms with Crippen LogP contribution in [0.3, 0.4) is 0 Å². The lowest BCUT2D eigenvalue weighted by Crippen LogP contribution is -2.57. The molecule has 2 N–H and O–H groups in total. The Morgan fingerprint density at radius 3 is 2.67 bits per heavy atom. The van der Waals surface area contributed by atoms with Crippen LogP contribution in [0.25, 0.3) is 0 Å². The topological polar surface area (TPSA) is 41.1 Å². The Morgan fingerprint density at radius 2 is 2.44 bits per heavy atom. The lowest BCUT2D eigenvalue weighted by Gasteiger charge is -2.35. The van der Waals surface area contributed by atoms with Crippen molar-refractivity contribution in [3.8, 4) is 0 Å². The molecule has 2 rings (SSSR count). The molecule has 0 bridgehead atoms. The third-order valence-electron chi connectivity index (χ3n) is 2.29. The number of carbonyl (C=O) groups is 1. The van der Waals surface area contributed by atoms with Crippen molar-refractivity contribution in [2.24, 2.45) is 0 Å². The van der Waals surface area contributed by atoms with Gasteiger partial charge in [0.1, 0.15) is 0 Å². The van der Waals surface area contributed by atoms with Gasteiger partial charge >= 0.3 is 0 Å². The first-order chi connectivity index (χ1) is 4.33. The number of carbonyl (C=O) groups excluding carboxylic acids is 1. The summed E-state index contributed by atoms with van der Waals surface area (Å²) in [5, 5.41) is 6.27. The average Bonchev–Trinajstić information content (AvgIpc) is 2.34. The van der Waals surface area contributed by atoms with Crippen molar-refractivity contribution in [1.29, 1.82) is 0 Å². The Labute approximate surface area is 53.8 Å². The molecule has 1 saturated carbocycles. The molecule has 2 fully saturated rings. The minimum Gasteiger partial charge on any atom is -0.302 e. The Kier molecular flexibility index (Phi) is 0.926. The molecule has 50 valence electrons. The summed E-state index contributed by atoms with van der Waals surface area (Å²) < 4.78 is 0. The van der Waals surface area contributed by atoms with Gasteiger partial charge in [-0.2, -0.15) is 0 Å². The fourth-order valence-electron chi connectivity index (χ4n) is 1.47. The molecule has 1 atom stereocenters. The standard InChI is InChI=1S/C6H10N2O/c9-5-1-2-6(5)3-7-4-8-6/h7-8H,1-4H2. The van der Waals surface area contributed by atoms with Gasteiger partial charge in [-0.1, -0.05) is 0 Å². The van der Waals surface area contributed by atoms with Gasteiger partial charge in [-0.15, -0.1) is 0 Å². The largest absolute Gasteiger partial charge is 0.302 e. The van der Waals surface area contributed by atoms with Crippen LogP contribution in [0.4, 0.5) is 0 Å². The zero-order valence-corrected chi connectivity index (χ0v) is 5.24. The molecule has 0 aromatic rings. The van der Waals surface area contributed by atoms with Crippen LogP contribution >= 0.6 is 0 Å². The van der Waals surface area contributed by atoms with E-state index >= 15 is 0 Å². The third kappa shape index (κ3) is 0.559.